The number of H-pyrrole nitrogens is 1. The summed E-state index contributed by atoms with van der Waals surface area (Å²) < 4.78 is 47.4. The number of alkyl halides is 3. The van der Waals surface area contributed by atoms with Crippen LogP contribution in [0.1, 0.15) is 24.0 Å². The van der Waals surface area contributed by atoms with E-state index in [1.54, 1.807) is 30.3 Å². The lowest BCUT2D eigenvalue weighted by Crippen LogP contribution is -2.47. The van der Waals surface area contributed by atoms with Crippen molar-refractivity contribution in [3.8, 4) is 11.8 Å². The molecule has 3 rings (SSSR count). The second-order valence-electron chi connectivity index (χ2n) is 5.91. The molecule has 25 heavy (non-hydrogen) atoms. The number of hydrogen-bond donors (Lipinski definition) is 1. The van der Waals surface area contributed by atoms with Crippen LogP contribution in [-0.2, 0) is 16.9 Å². The number of halogens is 3. The molecule has 2 aromatic rings. The summed E-state index contributed by atoms with van der Waals surface area (Å²) in [5.74, 6) is 4.80. The van der Waals surface area contributed by atoms with E-state index in [4.69, 9.17) is 4.74 Å². The number of aromatic amines is 1. The standard InChI is InChI=1S/C19H16F3NO2/c20-19(21,22)18(11-10-14-8-9-14,16-7-4-12-23-17(16)24)25-13-15-5-2-1-3-6-15/h1-7,12,14H,8-9,13H2,(H,23,24)/t18-/m0/s1. The van der Waals surface area contributed by atoms with Gasteiger partial charge in [-0.05, 0) is 30.5 Å². The fourth-order valence-corrected chi connectivity index (χ4v) is 2.38. The van der Waals surface area contributed by atoms with E-state index in [0.717, 1.165) is 18.9 Å². The van der Waals surface area contributed by atoms with Gasteiger partial charge in [0.05, 0.1) is 12.2 Å². The third-order valence-electron chi connectivity index (χ3n) is 3.92. The van der Waals surface area contributed by atoms with Crippen molar-refractivity contribution in [3.63, 3.8) is 0 Å². The predicted molar refractivity (Wildman–Crippen MR) is 86.5 cm³/mol. The highest BCUT2D eigenvalue weighted by atomic mass is 19.4. The van der Waals surface area contributed by atoms with Gasteiger partial charge in [-0.25, -0.2) is 0 Å². The van der Waals surface area contributed by atoms with Crippen LogP contribution >= 0.6 is 0 Å². The zero-order valence-corrected chi connectivity index (χ0v) is 13.3. The van der Waals surface area contributed by atoms with Gasteiger partial charge in [-0.3, -0.25) is 4.79 Å². The van der Waals surface area contributed by atoms with E-state index in [0.29, 0.717) is 5.56 Å². The van der Waals surface area contributed by atoms with Gasteiger partial charge in [-0.15, -0.1) is 0 Å². The van der Waals surface area contributed by atoms with Crippen LogP contribution < -0.4 is 5.56 Å². The number of pyridine rings is 1. The SMILES string of the molecule is O=c1[nH]cccc1[C@](C#CC1CC1)(OCc1ccccc1)C(F)(F)F. The highest BCUT2D eigenvalue weighted by molar-refractivity contribution is 5.34. The van der Waals surface area contributed by atoms with Gasteiger partial charge in [0.15, 0.2) is 0 Å². The van der Waals surface area contributed by atoms with Crippen LogP contribution in [0.5, 0.6) is 0 Å². The molecule has 0 radical (unpaired) electrons. The van der Waals surface area contributed by atoms with Crippen molar-refractivity contribution in [2.75, 3.05) is 0 Å². The topological polar surface area (TPSA) is 42.1 Å². The first kappa shape index (κ1) is 17.3. The summed E-state index contributed by atoms with van der Waals surface area (Å²) in [4.78, 5) is 14.4. The van der Waals surface area contributed by atoms with Crippen molar-refractivity contribution in [2.45, 2.75) is 31.2 Å². The van der Waals surface area contributed by atoms with Gasteiger partial charge in [0.1, 0.15) is 0 Å². The summed E-state index contributed by atoms with van der Waals surface area (Å²) in [7, 11) is 0. The van der Waals surface area contributed by atoms with Gasteiger partial charge < -0.3 is 9.72 Å². The average Bonchev–Trinajstić information content (AvgIpc) is 3.40. The molecule has 0 bridgehead atoms. The van der Waals surface area contributed by atoms with E-state index >= 15 is 0 Å². The molecule has 0 spiro atoms. The molecule has 130 valence electrons. The van der Waals surface area contributed by atoms with Crippen molar-refractivity contribution in [2.24, 2.45) is 5.92 Å². The fourth-order valence-electron chi connectivity index (χ4n) is 2.38. The van der Waals surface area contributed by atoms with Gasteiger partial charge in [0.25, 0.3) is 11.2 Å². The van der Waals surface area contributed by atoms with E-state index in [-0.39, 0.29) is 12.5 Å². The van der Waals surface area contributed by atoms with Crippen LogP contribution in [0, 0.1) is 17.8 Å². The molecule has 0 amide bonds. The van der Waals surface area contributed by atoms with Gasteiger partial charge in [0, 0.05) is 12.1 Å². The minimum absolute atomic E-state index is 0.0650. The molecule has 0 saturated heterocycles. The molecular formula is C19H16F3NO2. The Morgan fingerprint density at radius 3 is 2.44 bits per heavy atom. The molecule has 1 aromatic heterocycles. The number of ether oxygens (including phenoxy) is 1. The van der Waals surface area contributed by atoms with Crippen LogP contribution in [0.25, 0.3) is 0 Å². The Hall–Kier alpha value is -2.52. The van der Waals surface area contributed by atoms with E-state index in [1.807, 2.05) is 0 Å². The Morgan fingerprint density at radius 1 is 1.12 bits per heavy atom. The van der Waals surface area contributed by atoms with Gasteiger partial charge in [-0.1, -0.05) is 42.2 Å². The number of rotatable bonds is 4. The van der Waals surface area contributed by atoms with Crippen LogP contribution in [0.3, 0.4) is 0 Å². The van der Waals surface area contributed by atoms with Gasteiger partial charge in [0.2, 0.25) is 0 Å². The van der Waals surface area contributed by atoms with Crippen LogP contribution in [0.15, 0.2) is 53.5 Å². The Labute approximate surface area is 142 Å². The third-order valence-corrected chi connectivity index (χ3v) is 3.92. The third kappa shape index (κ3) is 3.77. The average molecular weight is 347 g/mol. The second kappa shape index (κ2) is 6.77. The summed E-state index contributed by atoms with van der Waals surface area (Å²) in [5, 5.41) is 0. The number of nitrogens with one attached hydrogen (secondary N) is 1. The van der Waals surface area contributed by atoms with Crippen molar-refractivity contribution in [1.29, 1.82) is 0 Å². The second-order valence-corrected chi connectivity index (χ2v) is 5.91. The zero-order valence-electron chi connectivity index (χ0n) is 13.3. The Balaban J connectivity index is 2.06. The first-order valence-corrected chi connectivity index (χ1v) is 7.88. The zero-order chi connectivity index (χ0) is 17.9. The summed E-state index contributed by atoms with van der Waals surface area (Å²) >= 11 is 0. The van der Waals surface area contributed by atoms with E-state index in [2.05, 4.69) is 16.8 Å². The lowest BCUT2D eigenvalue weighted by atomic mass is 9.94. The van der Waals surface area contributed by atoms with Crippen LogP contribution in [0.4, 0.5) is 13.2 Å². The predicted octanol–water partition coefficient (Wildman–Crippen LogP) is 3.76. The smallest absolute Gasteiger partial charge is 0.345 e. The molecule has 1 aliphatic carbocycles. The number of benzene rings is 1. The molecule has 1 aromatic carbocycles. The molecule has 1 N–H and O–H groups in total. The fraction of sp³-hybridized carbons (Fsp3) is 0.316. The summed E-state index contributed by atoms with van der Waals surface area (Å²) in [5.41, 5.74) is -3.80. The summed E-state index contributed by atoms with van der Waals surface area (Å²) in [6, 6.07) is 10.9. The maximum atomic E-state index is 14.0. The van der Waals surface area contributed by atoms with Crippen molar-refractivity contribution in [1.82, 2.24) is 4.98 Å². The lowest BCUT2D eigenvalue weighted by molar-refractivity contribution is -0.263. The molecule has 6 heteroatoms. The monoisotopic (exact) mass is 347 g/mol. The first-order valence-electron chi connectivity index (χ1n) is 7.88. The van der Waals surface area contributed by atoms with Gasteiger partial charge in [-0.2, -0.15) is 13.2 Å². The summed E-state index contributed by atoms with van der Waals surface area (Å²) in [6.45, 7) is -0.311. The minimum atomic E-state index is -4.86. The highest BCUT2D eigenvalue weighted by Crippen LogP contribution is 2.42. The highest BCUT2D eigenvalue weighted by Gasteiger charge is 2.58. The first-order chi connectivity index (χ1) is 11.9. The van der Waals surface area contributed by atoms with E-state index in [1.165, 1.54) is 12.3 Å². The normalized spacial score (nSPS) is 16.6. The van der Waals surface area contributed by atoms with Crippen molar-refractivity contribution >= 4 is 0 Å². The largest absolute Gasteiger partial charge is 0.433 e. The molecule has 0 unspecified atom stereocenters. The summed E-state index contributed by atoms with van der Waals surface area (Å²) in [6.07, 6.45) is -2.05. The van der Waals surface area contributed by atoms with Crippen molar-refractivity contribution in [3.05, 3.63) is 70.1 Å². The van der Waals surface area contributed by atoms with Crippen LogP contribution in [0.2, 0.25) is 0 Å². The maximum absolute atomic E-state index is 14.0. The Morgan fingerprint density at radius 2 is 1.84 bits per heavy atom. The number of aromatic nitrogens is 1. The molecule has 1 atom stereocenters. The van der Waals surface area contributed by atoms with E-state index < -0.39 is 22.9 Å². The quantitative estimate of drug-likeness (QED) is 0.856. The van der Waals surface area contributed by atoms with Gasteiger partial charge >= 0.3 is 6.18 Å². The molecule has 3 nitrogen and oxygen atoms in total. The number of hydrogen-bond acceptors (Lipinski definition) is 2. The molecule has 1 heterocycles. The van der Waals surface area contributed by atoms with Crippen LogP contribution in [-0.4, -0.2) is 11.2 Å². The molecule has 0 aliphatic heterocycles. The van der Waals surface area contributed by atoms with Crippen molar-refractivity contribution < 1.29 is 17.9 Å². The molecule has 1 saturated carbocycles. The molecule has 1 aliphatic rings. The van der Waals surface area contributed by atoms with E-state index in [9.17, 15) is 18.0 Å². The maximum Gasteiger partial charge on any atom is 0.433 e. The lowest BCUT2D eigenvalue weighted by Gasteiger charge is -2.30. The molecular weight excluding hydrogens is 331 g/mol. The Bertz CT molecular complexity index is 844. The molecule has 1 fully saturated rings. The minimum Gasteiger partial charge on any atom is -0.345 e. The Kier molecular flexibility index (Phi) is 4.69.